The van der Waals surface area contributed by atoms with Crippen molar-refractivity contribution in [3.8, 4) is 0 Å². The monoisotopic (exact) mass is 356 g/mol. The maximum atomic E-state index is 13.9. The molecule has 0 unspecified atom stereocenters. The topological polar surface area (TPSA) is 41.1 Å². The van der Waals surface area contributed by atoms with E-state index in [-0.39, 0.29) is 28.6 Å². The SMILES string of the molecule is CC1(C)CC(NC(=O)c2c(F)cccc2Br)CC(C)(C)N1. The molecule has 2 N–H and O–H groups in total. The zero-order chi connectivity index (χ0) is 15.8. The molecule has 0 aliphatic carbocycles. The fraction of sp³-hybridized carbons (Fsp3) is 0.562. The molecule has 1 aliphatic heterocycles. The Kier molecular flexibility index (Phi) is 4.45. The van der Waals surface area contributed by atoms with Crippen molar-refractivity contribution in [1.82, 2.24) is 10.6 Å². The average molecular weight is 357 g/mol. The Bertz CT molecular complexity index is 521. The van der Waals surface area contributed by atoms with E-state index in [9.17, 15) is 9.18 Å². The van der Waals surface area contributed by atoms with Crippen molar-refractivity contribution in [1.29, 1.82) is 0 Å². The van der Waals surface area contributed by atoms with Crippen molar-refractivity contribution in [3.05, 3.63) is 34.1 Å². The van der Waals surface area contributed by atoms with Gasteiger partial charge in [-0.15, -0.1) is 0 Å². The van der Waals surface area contributed by atoms with E-state index >= 15 is 0 Å². The molecule has 0 saturated carbocycles. The highest BCUT2D eigenvalue weighted by Gasteiger charge is 2.38. The lowest BCUT2D eigenvalue weighted by molar-refractivity contribution is 0.0868. The van der Waals surface area contributed by atoms with Gasteiger partial charge in [0.2, 0.25) is 0 Å². The molecule has 0 aromatic heterocycles. The van der Waals surface area contributed by atoms with Crippen LogP contribution in [0.3, 0.4) is 0 Å². The minimum atomic E-state index is -0.505. The van der Waals surface area contributed by atoms with Crippen molar-refractivity contribution in [2.75, 3.05) is 0 Å². The molecular formula is C16H22BrFN2O. The first-order chi connectivity index (χ1) is 9.60. The number of halogens is 2. The number of amides is 1. The van der Waals surface area contributed by atoms with Crippen LogP contribution in [0, 0.1) is 5.82 Å². The predicted octanol–water partition coefficient (Wildman–Crippen LogP) is 3.63. The highest BCUT2D eigenvalue weighted by molar-refractivity contribution is 9.10. The second-order valence-corrected chi connectivity index (χ2v) is 7.92. The summed E-state index contributed by atoms with van der Waals surface area (Å²) in [5, 5.41) is 6.54. The van der Waals surface area contributed by atoms with E-state index in [0.717, 1.165) is 12.8 Å². The third-order valence-electron chi connectivity index (χ3n) is 3.72. The number of hydrogen-bond donors (Lipinski definition) is 2. The molecule has 2 rings (SSSR count). The van der Waals surface area contributed by atoms with Crippen LogP contribution in [0.2, 0.25) is 0 Å². The van der Waals surface area contributed by atoms with Crippen molar-refractivity contribution in [2.45, 2.75) is 57.7 Å². The van der Waals surface area contributed by atoms with Gasteiger partial charge in [-0.3, -0.25) is 4.79 Å². The Balaban J connectivity index is 2.16. The van der Waals surface area contributed by atoms with E-state index in [0.29, 0.717) is 4.47 Å². The Hall–Kier alpha value is -0.940. The summed E-state index contributed by atoms with van der Waals surface area (Å²) in [5.74, 6) is -0.868. The van der Waals surface area contributed by atoms with Gasteiger partial charge in [-0.2, -0.15) is 0 Å². The van der Waals surface area contributed by atoms with Gasteiger partial charge in [0.1, 0.15) is 5.82 Å². The van der Waals surface area contributed by atoms with Crippen LogP contribution in [0.4, 0.5) is 4.39 Å². The van der Waals surface area contributed by atoms with Gasteiger partial charge < -0.3 is 10.6 Å². The third-order valence-corrected chi connectivity index (χ3v) is 4.38. The van der Waals surface area contributed by atoms with E-state index < -0.39 is 5.82 Å². The molecule has 1 fully saturated rings. The predicted molar refractivity (Wildman–Crippen MR) is 85.9 cm³/mol. The summed E-state index contributed by atoms with van der Waals surface area (Å²) in [6.07, 6.45) is 1.63. The summed E-state index contributed by atoms with van der Waals surface area (Å²) in [4.78, 5) is 12.4. The maximum absolute atomic E-state index is 13.9. The summed E-state index contributed by atoms with van der Waals surface area (Å²) < 4.78 is 14.3. The number of carbonyl (C=O) groups is 1. The third kappa shape index (κ3) is 4.04. The molecule has 5 heteroatoms. The van der Waals surface area contributed by atoms with Gasteiger partial charge >= 0.3 is 0 Å². The van der Waals surface area contributed by atoms with Crippen LogP contribution in [0.25, 0.3) is 0 Å². The van der Waals surface area contributed by atoms with Crippen molar-refractivity contribution in [3.63, 3.8) is 0 Å². The van der Waals surface area contributed by atoms with Crippen LogP contribution in [0.1, 0.15) is 50.9 Å². The molecule has 0 radical (unpaired) electrons. The highest BCUT2D eigenvalue weighted by atomic mass is 79.9. The molecule has 1 saturated heterocycles. The first-order valence-corrected chi connectivity index (χ1v) is 7.93. The quantitative estimate of drug-likeness (QED) is 0.849. The Morgan fingerprint density at radius 2 is 1.86 bits per heavy atom. The van der Waals surface area contributed by atoms with Gasteiger partial charge in [0.15, 0.2) is 0 Å². The molecule has 0 atom stereocenters. The number of hydrogen-bond acceptors (Lipinski definition) is 2. The number of rotatable bonds is 2. The number of carbonyl (C=O) groups excluding carboxylic acids is 1. The normalized spacial score (nSPS) is 21.0. The number of piperidine rings is 1. The van der Waals surface area contributed by atoms with Gasteiger partial charge in [0, 0.05) is 21.6 Å². The van der Waals surface area contributed by atoms with E-state index in [4.69, 9.17) is 0 Å². The van der Waals surface area contributed by atoms with E-state index in [1.54, 1.807) is 12.1 Å². The summed E-state index contributed by atoms with van der Waals surface area (Å²) >= 11 is 3.24. The van der Waals surface area contributed by atoms with Crippen molar-refractivity contribution in [2.24, 2.45) is 0 Å². The van der Waals surface area contributed by atoms with Gasteiger partial charge in [-0.1, -0.05) is 6.07 Å². The molecule has 1 aliphatic rings. The molecule has 3 nitrogen and oxygen atoms in total. The van der Waals surface area contributed by atoms with E-state index in [2.05, 4.69) is 54.3 Å². The van der Waals surface area contributed by atoms with Crippen LogP contribution < -0.4 is 10.6 Å². The highest BCUT2D eigenvalue weighted by Crippen LogP contribution is 2.29. The average Bonchev–Trinajstić information content (AvgIpc) is 2.23. The van der Waals surface area contributed by atoms with Crippen molar-refractivity contribution >= 4 is 21.8 Å². The number of nitrogens with one attached hydrogen (secondary N) is 2. The number of benzene rings is 1. The van der Waals surface area contributed by atoms with E-state index in [1.165, 1.54) is 6.07 Å². The molecule has 116 valence electrons. The second-order valence-electron chi connectivity index (χ2n) is 7.07. The zero-order valence-electron chi connectivity index (χ0n) is 12.9. The fourth-order valence-corrected chi connectivity index (χ4v) is 3.92. The first-order valence-electron chi connectivity index (χ1n) is 7.14. The van der Waals surface area contributed by atoms with Crippen molar-refractivity contribution < 1.29 is 9.18 Å². The van der Waals surface area contributed by atoms with Crippen LogP contribution >= 0.6 is 15.9 Å². The maximum Gasteiger partial charge on any atom is 0.255 e. The van der Waals surface area contributed by atoms with E-state index in [1.807, 2.05) is 0 Å². The molecule has 1 amide bonds. The Morgan fingerprint density at radius 1 is 1.29 bits per heavy atom. The minimum absolute atomic E-state index is 0.0234. The molecule has 1 heterocycles. The minimum Gasteiger partial charge on any atom is -0.349 e. The summed E-state index contributed by atoms with van der Waals surface area (Å²) in [7, 11) is 0. The smallest absolute Gasteiger partial charge is 0.255 e. The Labute approximate surface area is 133 Å². The van der Waals surface area contributed by atoms with Crippen LogP contribution in [0.15, 0.2) is 22.7 Å². The molecule has 21 heavy (non-hydrogen) atoms. The second kappa shape index (κ2) is 5.69. The first kappa shape index (κ1) is 16.4. The lowest BCUT2D eigenvalue weighted by Crippen LogP contribution is -2.62. The largest absolute Gasteiger partial charge is 0.349 e. The molecule has 1 aromatic rings. The van der Waals surface area contributed by atoms with Gasteiger partial charge in [0.25, 0.3) is 5.91 Å². The summed E-state index contributed by atoms with van der Waals surface area (Å²) in [5.41, 5.74) is -0.0511. The van der Waals surface area contributed by atoms with Gasteiger partial charge in [-0.05, 0) is 68.6 Å². The van der Waals surface area contributed by atoms with Crippen LogP contribution in [0.5, 0.6) is 0 Å². The zero-order valence-corrected chi connectivity index (χ0v) is 14.5. The van der Waals surface area contributed by atoms with Crippen LogP contribution in [-0.4, -0.2) is 23.0 Å². The fourth-order valence-electron chi connectivity index (χ4n) is 3.40. The van der Waals surface area contributed by atoms with Crippen LogP contribution in [-0.2, 0) is 0 Å². The summed E-state index contributed by atoms with van der Waals surface area (Å²) in [6.45, 7) is 8.47. The molecular weight excluding hydrogens is 335 g/mol. The van der Waals surface area contributed by atoms with Gasteiger partial charge in [0.05, 0.1) is 5.56 Å². The lowest BCUT2D eigenvalue weighted by Gasteiger charge is -2.46. The van der Waals surface area contributed by atoms with Gasteiger partial charge in [-0.25, -0.2) is 4.39 Å². The molecule has 1 aromatic carbocycles. The molecule has 0 bridgehead atoms. The standard InChI is InChI=1S/C16H22BrFN2O/c1-15(2)8-10(9-16(3,4)20-15)19-14(21)13-11(17)6-5-7-12(13)18/h5-7,10,20H,8-9H2,1-4H3,(H,19,21). The summed E-state index contributed by atoms with van der Waals surface area (Å²) in [6, 6.07) is 4.58. The Morgan fingerprint density at radius 3 is 2.38 bits per heavy atom. The molecule has 0 spiro atoms. The lowest BCUT2D eigenvalue weighted by atomic mass is 9.79.